The van der Waals surface area contributed by atoms with Gasteiger partial charge in [-0.05, 0) is 97.4 Å². The van der Waals surface area contributed by atoms with E-state index in [1.54, 1.807) is 6.07 Å². The van der Waals surface area contributed by atoms with Crippen LogP contribution >= 0.6 is 0 Å². The van der Waals surface area contributed by atoms with Crippen molar-refractivity contribution in [1.29, 1.82) is 0 Å². The van der Waals surface area contributed by atoms with Crippen LogP contribution in [-0.4, -0.2) is 65.0 Å². The zero-order valence-corrected chi connectivity index (χ0v) is 27.4. The summed E-state index contributed by atoms with van der Waals surface area (Å²) in [5, 5.41) is 4.88. The molecular formula is C34H25F7N6O7. The molecule has 0 aliphatic carbocycles. The Kier molecular flexibility index (Phi) is 11.0. The highest BCUT2D eigenvalue weighted by molar-refractivity contribution is 6.21. The van der Waals surface area contributed by atoms with Crippen molar-refractivity contribution in [3.8, 4) is 11.5 Å². The van der Waals surface area contributed by atoms with E-state index in [-0.39, 0.29) is 35.8 Å². The molecule has 3 aromatic carbocycles. The third-order valence-electron chi connectivity index (χ3n) is 7.51. The molecule has 2 N–H and O–H groups in total. The van der Waals surface area contributed by atoms with E-state index in [1.165, 1.54) is 60.5 Å². The standard InChI is InChI=1S/C24H18F4N4O4.C10H7F3N2O3/c1-14-22(34)32(18-6-8-19(9-7-18)36-24(26,27)28)23(35)31(14)13-15-10-11-29-20(12-15)30-21(33)16-2-4-17(25)5-3-16;11-10(12,13)18-7-3-1-6(2-4-7)15-8(16)5-14-9(15)17/h2-12,14H,13H2,1H3,(H,29,30,33);1-4H,5H2,(H,14,17). The lowest BCUT2D eigenvalue weighted by molar-refractivity contribution is -0.275. The molecule has 3 heterocycles. The number of nitrogens with one attached hydrogen (secondary N) is 2. The lowest BCUT2D eigenvalue weighted by Gasteiger charge is -2.20. The Labute approximate surface area is 299 Å². The third-order valence-corrected chi connectivity index (χ3v) is 7.51. The van der Waals surface area contributed by atoms with Gasteiger partial charge < -0.3 is 25.0 Å². The molecule has 6 rings (SSSR count). The van der Waals surface area contributed by atoms with E-state index in [9.17, 15) is 54.7 Å². The molecule has 20 heteroatoms. The van der Waals surface area contributed by atoms with Gasteiger partial charge in [-0.15, -0.1) is 26.3 Å². The summed E-state index contributed by atoms with van der Waals surface area (Å²) in [5.41, 5.74) is 1.06. The Balaban J connectivity index is 0.000000260. The maximum absolute atomic E-state index is 13.1. The van der Waals surface area contributed by atoms with Crippen LogP contribution in [0.1, 0.15) is 22.8 Å². The number of aromatic nitrogens is 1. The van der Waals surface area contributed by atoms with Gasteiger partial charge >= 0.3 is 24.8 Å². The van der Waals surface area contributed by atoms with E-state index in [1.807, 2.05) is 0 Å². The van der Waals surface area contributed by atoms with Crippen LogP contribution in [0.15, 0.2) is 91.1 Å². The fourth-order valence-electron chi connectivity index (χ4n) is 5.06. The Bertz CT molecular complexity index is 2030. The van der Waals surface area contributed by atoms with E-state index >= 15 is 0 Å². The second kappa shape index (κ2) is 15.5. The minimum atomic E-state index is -4.87. The summed E-state index contributed by atoms with van der Waals surface area (Å²) in [4.78, 5) is 67.9. The average molecular weight is 763 g/mol. The first kappa shape index (κ1) is 38.5. The minimum absolute atomic E-state index is 0.000549. The van der Waals surface area contributed by atoms with Crippen molar-refractivity contribution in [3.05, 3.63) is 108 Å². The first-order valence-corrected chi connectivity index (χ1v) is 15.4. The molecule has 7 amide bonds. The number of hydrogen-bond donors (Lipinski definition) is 2. The summed E-state index contributed by atoms with van der Waals surface area (Å²) in [6.45, 7) is 1.40. The van der Waals surface area contributed by atoms with Crippen molar-refractivity contribution < 1.29 is 64.2 Å². The van der Waals surface area contributed by atoms with Crippen LogP contribution in [0.4, 0.5) is 57.5 Å². The number of ether oxygens (including phenoxy) is 2. The Hall–Kier alpha value is -6.73. The SMILES string of the molecule is CC1C(=O)N(c2ccc(OC(F)(F)F)cc2)C(=O)N1Cc1ccnc(NC(=O)c2ccc(F)cc2)c1.O=C1CNC(=O)N1c1ccc(OC(F)(F)F)cc1. The second-order valence-corrected chi connectivity index (χ2v) is 11.2. The maximum atomic E-state index is 13.1. The summed E-state index contributed by atoms with van der Waals surface area (Å²) >= 11 is 0. The van der Waals surface area contributed by atoms with Crippen molar-refractivity contribution in [1.82, 2.24) is 15.2 Å². The van der Waals surface area contributed by atoms with E-state index in [4.69, 9.17) is 0 Å². The molecule has 13 nitrogen and oxygen atoms in total. The number of carbonyl (C=O) groups is 5. The molecule has 2 fully saturated rings. The van der Waals surface area contributed by atoms with Crippen LogP contribution in [0.25, 0.3) is 0 Å². The summed E-state index contributed by atoms with van der Waals surface area (Å²) in [6.07, 6.45) is -8.23. The van der Waals surface area contributed by atoms with Crippen LogP contribution in [0.5, 0.6) is 11.5 Å². The highest BCUT2D eigenvalue weighted by atomic mass is 19.4. The summed E-state index contributed by atoms with van der Waals surface area (Å²) < 4.78 is 93.5. The highest BCUT2D eigenvalue weighted by Gasteiger charge is 2.43. The van der Waals surface area contributed by atoms with Gasteiger partial charge in [0.05, 0.1) is 17.9 Å². The number of pyridine rings is 1. The highest BCUT2D eigenvalue weighted by Crippen LogP contribution is 2.30. The molecule has 1 unspecified atom stereocenters. The van der Waals surface area contributed by atoms with Gasteiger partial charge in [0.15, 0.2) is 0 Å². The van der Waals surface area contributed by atoms with Crippen LogP contribution < -0.4 is 29.9 Å². The largest absolute Gasteiger partial charge is 0.573 e. The molecule has 0 saturated carbocycles. The number of halogens is 7. The predicted octanol–water partition coefficient (Wildman–Crippen LogP) is 6.37. The molecular weight excluding hydrogens is 737 g/mol. The molecule has 2 aliphatic rings. The maximum Gasteiger partial charge on any atom is 0.573 e. The van der Waals surface area contributed by atoms with Crippen LogP contribution in [0.2, 0.25) is 0 Å². The first-order valence-electron chi connectivity index (χ1n) is 15.4. The number of imide groups is 2. The Morgan fingerprint density at radius 2 is 1.35 bits per heavy atom. The number of nitrogens with zero attached hydrogens (tertiary/aromatic N) is 4. The molecule has 2 saturated heterocycles. The third kappa shape index (κ3) is 9.57. The number of amides is 7. The molecule has 4 aromatic rings. The normalized spacial score (nSPS) is 15.9. The quantitative estimate of drug-likeness (QED) is 0.155. The molecule has 1 aromatic heterocycles. The Morgan fingerprint density at radius 3 is 1.85 bits per heavy atom. The van der Waals surface area contributed by atoms with Crippen molar-refractivity contribution >= 4 is 47.0 Å². The molecule has 0 radical (unpaired) electrons. The number of hydrogen-bond acceptors (Lipinski definition) is 8. The Morgan fingerprint density at radius 1 is 0.815 bits per heavy atom. The molecule has 0 spiro atoms. The molecule has 54 heavy (non-hydrogen) atoms. The van der Waals surface area contributed by atoms with Crippen molar-refractivity contribution in [2.45, 2.75) is 32.2 Å². The fourth-order valence-corrected chi connectivity index (χ4v) is 5.06. The number of carbonyl (C=O) groups excluding carboxylic acids is 5. The predicted molar refractivity (Wildman–Crippen MR) is 174 cm³/mol. The first-order chi connectivity index (χ1) is 25.4. The van der Waals surface area contributed by atoms with Crippen LogP contribution in [-0.2, 0) is 16.1 Å². The lowest BCUT2D eigenvalue weighted by Crippen LogP contribution is -2.33. The van der Waals surface area contributed by atoms with E-state index in [0.717, 1.165) is 46.2 Å². The van der Waals surface area contributed by atoms with Gasteiger partial charge in [-0.25, -0.2) is 28.8 Å². The van der Waals surface area contributed by atoms with Gasteiger partial charge in [0.2, 0.25) is 0 Å². The number of rotatable bonds is 8. The van der Waals surface area contributed by atoms with Crippen molar-refractivity contribution in [2.75, 3.05) is 21.7 Å². The topological polar surface area (TPSA) is 150 Å². The fraction of sp³-hybridized carbons (Fsp3) is 0.176. The second-order valence-electron chi connectivity index (χ2n) is 11.2. The van der Waals surface area contributed by atoms with Crippen LogP contribution in [0.3, 0.4) is 0 Å². The van der Waals surface area contributed by atoms with Gasteiger partial charge in [-0.1, -0.05) is 0 Å². The number of urea groups is 2. The molecule has 282 valence electrons. The monoisotopic (exact) mass is 762 g/mol. The van der Waals surface area contributed by atoms with E-state index < -0.39 is 65.9 Å². The zero-order chi connectivity index (χ0) is 39.4. The summed E-state index contributed by atoms with van der Waals surface area (Å²) in [5.74, 6) is -2.73. The molecule has 0 bridgehead atoms. The summed E-state index contributed by atoms with van der Waals surface area (Å²) in [6, 6.07) is 14.8. The number of benzene rings is 3. The van der Waals surface area contributed by atoms with E-state index in [2.05, 4.69) is 25.1 Å². The molecule has 2 aliphatic heterocycles. The van der Waals surface area contributed by atoms with Gasteiger partial charge in [-0.2, -0.15) is 0 Å². The van der Waals surface area contributed by atoms with Crippen LogP contribution in [0, 0.1) is 5.82 Å². The lowest BCUT2D eigenvalue weighted by atomic mass is 10.2. The van der Waals surface area contributed by atoms with Gasteiger partial charge in [-0.3, -0.25) is 14.4 Å². The zero-order valence-electron chi connectivity index (χ0n) is 27.4. The van der Waals surface area contributed by atoms with Crippen molar-refractivity contribution in [2.24, 2.45) is 0 Å². The summed E-state index contributed by atoms with van der Waals surface area (Å²) in [7, 11) is 0. The number of anilines is 3. The average Bonchev–Trinajstić information content (AvgIpc) is 3.54. The van der Waals surface area contributed by atoms with Gasteiger partial charge in [0.25, 0.3) is 17.7 Å². The van der Waals surface area contributed by atoms with Gasteiger partial charge in [0.1, 0.15) is 29.2 Å². The van der Waals surface area contributed by atoms with E-state index in [0.29, 0.717) is 5.56 Å². The van der Waals surface area contributed by atoms with Gasteiger partial charge in [0, 0.05) is 18.3 Å². The molecule has 1 atom stereocenters. The van der Waals surface area contributed by atoms with Crippen molar-refractivity contribution in [3.63, 3.8) is 0 Å². The smallest absolute Gasteiger partial charge is 0.406 e. The minimum Gasteiger partial charge on any atom is -0.406 e. The number of alkyl halides is 6.